The van der Waals surface area contributed by atoms with Crippen LogP contribution in [0.3, 0.4) is 0 Å². The van der Waals surface area contributed by atoms with Crippen LogP contribution in [0.1, 0.15) is 71.6 Å². The van der Waals surface area contributed by atoms with Gasteiger partial charge in [-0.25, -0.2) is 4.79 Å². The van der Waals surface area contributed by atoms with Gasteiger partial charge in [-0.3, -0.25) is 0 Å². The molecular formula is C19H28O3. The highest BCUT2D eigenvalue weighted by Gasteiger charge is 2.26. The average molecular weight is 304 g/mol. The summed E-state index contributed by atoms with van der Waals surface area (Å²) in [6.07, 6.45) is 2.16. The molecule has 1 aromatic carbocycles. The molecule has 3 nitrogen and oxygen atoms in total. The highest BCUT2D eigenvalue weighted by molar-refractivity contribution is 5.92. The van der Waals surface area contributed by atoms with Crippen molar-refractivity contribution in [3.05, 3.63) is 34.4 Å². The number of aliphatic carboxylic acids is 1. The van der Waals surface area contributed by atoms with Gasteiger partial charge < -0.3 is 10.2 Å². The third kappa shape index (κ3) is 4.12. The fourth-order valence-corrected chi connectivity index (χ4v) is 2.40. The first-order valence-corrected chi connectivity index (χ1v) is 7.69. The lowest BCUT2D eigenvalue weighted by Gasteiger charge is -2.28. The van der Waals surface area contributed by atoms with E-state index in [9.17, 15) is 15.0 Å². The standard InChI is InChI=1S/C19H28O3/c1-8-13(17(21)22)9-12-10-14(18(2,3)4)16(20)15(11-12)19(5,6)7/h9-11,20H,8H2,1-7H3,(H,21,22)/b13-9+. The van der Waals surface area contributed by atoms with Crippen LogP contribution in [0.15, 0.2) is 17.7 Å². The molecule has 0 spiro atoms. The Kier molecular flexibility index (Phi) is 5.11. The van der Waals surface area contributed by atoms with Crippen molar-refractivity contribution in [3.8, 4) is 5.75 Å². The van der Waals surface area contributed by atoms with Gasteiger partial charge in [0, 0.05) is 16.7 Å². The summed E-state index contributed by atoms with van der Waals surface area (Å²) in [7, 11) is 0. The number of benzene rings is 1. The second-order valence-corrected chi connectivity index (χ2v) is 7.79. The summed E-state index contributed by atoms with van der Waals surface area (Å²) in [5.74, 6) is -0.587. The molecule has 0 saturated carbocycles. The Morgan fingerprint density at radius 3 is 1.73 bits per heavy atom. The van der Waals surface area contributed by atoms with Crippen LogP contribution in [0.4, 0.5) is 0 Å². The fourth-order valence-electron chi connectivity index (χ4n) is 2.40. The molecule has 1 aromatic rings. The van der Waals surface area contributed by atoms with E-state index in [-0.39, 0.29) is 10.8 Å². The van der Waals surface area contributed by atoms with Gasteiger partial charge in [-0.15, -0.1) is 0 Å². The van der Waals surface area contributed by atoms with Gasteiger partial charge >= 0.3 is 5.97 Å². The molecule has 0 aliphatic heterocycles. The predicted octanol–water partition coefficient (Wildman–Crippen LogP) is 4.87. The topological polar surface area (TPSA) is 57.5 Å². The lowest BCUT2D eigenvalue weighted by molar-refractivity contribution is -0.132. The Balaban J connectivity index is 3.65. The minimum absolute atomic E-state index is 0.219. The smallest absolute Gasteiger partial charge is 0.331 e. The first-order valence-electron chi connectivity index (χ1n) is 7.69. The molecule has 0 bridgehead atoms. The Morgan fingerprint density at radius 2 is 1.45 bits per heavy atom. The summed E-state index contributed by atoms with van der Waals surface area (Å²) in [6, 6.07) is 3.78. The SMILES string of the molecule is CC/C(=C\c1cc(C(C)(C)C)c(O)c(C(C)(C)C)c1)C(=O)O. The van der Waals surface area contributed by atoms with E-state index < -0.39 is 5.97 Å². The van der Waals surface area contributed by atoms with Crippen molar-refractivity contribution < 1.29 is 15.0 Å². The third-order valence-corrected chi connectivity index (χ3v) is 3.74. The van der Waals surface area contributed by atoms with E-state index in [4.69, 9.17) is 0 Å². The molecule has 0 heterocycles. The predicted molar refractivity (Wildman–Crippen MR) is 91.4 cm³/mol. The van der Waals surface area contributed by atoms with Crippen LogP contribution in [0.2, 0.25) is 0 Å². The maximum absolute atomic E-state index is 11.2. The lowest BCUT2D eigenvalue weighted by atomic mass is 9.78. The van der Waals surface area contributed by atoms with Gasteiger partial charge in [0.1, 0.15) is 5.75 Å². The molecule has 0 aromatic heterocycles. The number of hydrogen-bond acceptors (Lipinski definition) is 2. The molecule has 0 aliphatic carbocycles. The molecule has 0 aliphatic rings. The van der Waals surface area contributed by atoms with Crippen LogP contribution in [0, 0.1) is 0 Å². The van der Waals surface area contributed by atoms with E-state index in [2.05, 4.69) is 0 Å². The summed E-state index contributed by atoms with van der Waals surface area (Å²) >= 11 is 0. The van der Waals surface area contributed by atoms with Crippen LogP contribution in [0.5, 0.6) is 5.75 Å². The van der Waals surface area contributed by atoms with Crippen LogP contribution >= 0.6 is 0 Å². The monoisotopic (exact) mass is 304 g/mol. The molecule has 3 heteroatoms. The van der Waals surface area contributed by atoms with Gasteiger partial charge in [-0.05, 0) is 41.0 Å². The van der Waals surface area contributed by atoms with Gasteiger partial charge in [0.25, 0.3) is 0 Å². The van der Waals surface area contributed by atoms with Gasteiger partial charge in [-0.1, -0.05) is 48.5 Å². The lowest BCUT2D eigenvalue weighted by Crippen LogP contribution is -2.17. The van der Waals surface area contributed by atoms with Crippen LogP contribution in [-0.2, 0) is 15.6 Å². The molecule has 0 fully saturated rings. The zero-order valence-electron chi connectivity index (χ0n) is 14.7. The van der Waals surface area contributed by atoms with Gasteiger partial charge in [0.2, 0.25) is 0 Å². The maximum atomic E-state index is 11.2. The number of rotatable bonds is 3. The van der Waals surface area contributed by atoms with E-state index in [1.807, 2.05) is 60.6 Å². The van der Waals surface area contributed by atoms with Crippen molar-refractivity contribution in [1.29, 1.82) is 0 Å². The van der Waals surface area contributed by atoms with Crippen molar-refractivity contribution in [3.63, 3.8) is 0 Å². The molecule has 22 heavy (non-hydrogen) atoms. The molecule has 0 atom stereocenters. The molecule has 1 rings (SSSR count). The van der Waals surface area contributed by atoms with Crippen molar-refractivity contribution in [2.24, 2.45) is 0 Å². The zero-order chi connectivity index (χ0) is 17.3. The van der Waals surface area contributed by atoms with Gasteiger partial charge in [-0.2, -0.15) is 0 Å². The number of carboxylic acids is 1. The van der Waals surface area contributed by atoms with Crippen molar-refractivity contribution in [2.75, 3.05) is 0 Å². The zero-order valence-corrected chi connectivity index (χ0v) is 14.7. The molecular weight excluding hydrogens is 276 g/mol. The Morgan fingerprint density at radius 1 is 1.05 bits per heavy atom. The second kappa shape index (κ2) is 6.15. The molecule has 0 saturated heterocycles. The molecule has 122 valence electrons. The molecule has 0 amide bonds. The van der Waals surface area contributed by atoms with Crippen molar-refractivity contribution >= 4 is 12.0 Å². The van der Waals surface area contributed by atoms with E-state index in [0.717, 1.165) is 16.7 Å². The quantitative estimate of drug-likeness (QED) is 0.784. The first kappa shape index (κ1) is 18.3. The number of phenols is 1. The minimum Gasteiger partial charge on any atom is -0.507 e. The third-order valence-electron chi connectivity index (χ3n) is 3.74. The number of aromatic hydroxyl groups is 1. The highest BCUT2D eigenvalue weighted by Crippen LogP contribution is 2.40. The van der Waals surface area contributed by atoms with Crippen molar-refractivity contribution in [2.45, 2.75) is 65.7 Å². The first-order chi connectivity index (χ1) is 9.87. The Hall–Kier alpha value is -1.77. The largest absolute Gasteiger partial charge is 0.507 e. The van der Waals surface area contributed by atoms with Crippen LogP contribution in [-0.4, -0.2) is 16.2 Å². The summed E-state index contributed by atoms with van der Waals surface area (Å²) < 4.78 is 0. The molecule has 0 radical (unpaired) electrons. The summed E-state index contributed by atoms with van der Waals surface area (Å²) in [4.78, 5) is 11.2. The van der Waals surface area contributed by atoms with Crippen molar-refractivity contribution in [1.82, 2.24) is 0 Å². The average Bonchev–Trinajstić information content (AvgIpc) is 2.34. The number of carboxylic acid groups (broad SMARTS) is 1. The van der Waals surface area contributed by atoms with E-state index >= 15 is 0 Å². The maximum Gasteiger partial charge on any atom is 0.331 e. The minimum atomic E-state index is -0.898. The number of phenolic OH excluding ortho intramolecular Hbond substituents is 1. The number of hydrogen-bond donors (Lipinski definition) is 2. The van der Waals surface area contributed by atoms with E-state index in [1.54, 1.807) is 6.08 Å². The Bertz CT molecular complexity index is 561. The molecule has 2 N–H and O–H groups in total. The van der Waals surface area contributed by atoms with Crippen LogP contribution in [0.25, 0.3) is 6.08 Å². The normalized spacial score (nSPS) is 13.3. The van der Waals surface area contributed by atoms with Gasteiger partial charge in [0.05, 0.1) is 0 Å². The van der Waals surface area contributed by atoms with E-state index in [0.29, 0.717) is 17.7 Å². The van der Waals surface area contributed by atoms with Crippen LogP contribution < -0.4 is 0 Å². The molecule has 0 unspecified atom stereocenters. The van der Waals surface area contributed by atoms with Gasteiger partial charge in [0.15, 0.2) is 0 Å². The number of carbonyl (C=O) groups is 1. The van der Waals surface area contributed by atoms with E-state index in [1.165, 1.54) is 0 Å². The highest BCUT2D eigenvalue weighted by atomic mass is 16.4. The Labute approximate surface area is 133 Å². The fraction of sp³-hybridized carbons (Fsp3) is 0.526. The summed E-state index contributed by atoms with van der Waals surface area (Å²) in [6.45, 7) is 14.1. The second-order valence-electron chi connectivity index (χ2n) is 7.79. The summed E-state index contributed by atoms with van der Waals surface area (Å²) in [5.41, 5.74) is 2.43. The summed E-state index contributed by atoms with van der Waals surface area (Å²) in [5, 5.41) is 19.9.